The molecule has 0 aliphatic heterocycles. The first-order valence-electron chi connectivity index (χ1n) is 8.65. The summed E-state index contributed by atoms with van der Waals surface area (Å²) in [5.74, 6) is 2.36. The van der Waals surface area contributed by atoms with Crippen LogP contribution < -0.4 is 0 Å². The highest BCUT2D eigenvalue weighted by atomic mass is 16.3. The third-order valence-corrected chi connectivity index (χ3v) is 5.19. The Bertz CT molecular complexity index is 408. The van der Waals surface area contributed by atoms with Gasteiger partial charge in [0, 0.05) is 6.42 Å². The van der Waals surface area contributed by atoms with E-state index in [0.29, 0.717) is 17.6 Å². The molecule has 0 amide bonds. The van der Waals surface area contributed by atoms with Crippen molar-refractivity contribution in [1.82, 2.24) is 0 Å². The van der Waals surface area contributed by atoms with Gasteiger partial charge in [-0.15, -0.1) is 0 Å². The molecule has 2 heteroatoms. The zero-order valence-corrected chi connectivity index (χ0v) is 13.6. The number of aliphatic hydroxyl groups is 1. The molecule has 0 saturated carbocycles. The number of allylic oxidation sites excluding steroid dienone is 3. The summed E-state index contributed by atoms with van der Waals surface area (Å²) in [4.78, 5) is 10.9. The molecule has 0 fully saturated rings. The number of carbonyl (C=O) groups is 1. The van der Waals surface area contributed by atoms with Crippen molar-refractivity contribution in [1.29, 1.82) is 0 Å². The first-order chi connectivity index (χ1) is 10.1. The Kier molecular flexibility index (Phi) is 6.22. The van der Waals surface area contributed by atoms with Crippen molar-refractivity contribution in [3.8, 4) is 0 Å². The van der Waals surface area contributed by atoms with Crippen LogP contribution in [-0.4, -0.2) is 17.0 Å². The summed E-state index contributed by atoms with van der Waals surface area (Å²) in [5.41, 5.74) is 1.37. The van der Waals surface area contributed by atoms with Crippen molar-refractivity contribution in [2.75, 3.05) is 0 Å². The molecule has 0 heterocycles. The van der Waals surface area contributed by atoms with Crippen LogP contribution in [-0.2, 0) is 4.79 Å². The van der Waals surface area contributed by atoms with Crippen molar-refractivity contribution in [2.45, 2.75) is 71.3 Å². The van der Waals surface area contributed by atoms with Crippen molar-refractivity contribution in [2.24, 2.45) is 17.8 Å². The predicted octanol–water partition coefficient (Wildman–Crippen LogP) is 4.44. The molecule has 118 valence electrons. The lowest BCUT2D eigenvalue weighted by molar-refractivity contribution is -0.117. The molecule has 0 radical (unpaired) electrons. The molecule has 4 unspecified atom stereocenters. The van der Waals surface area contributed by atoms with Gasteiger partial charge in [-0.25, -0.2) is 0 Å². The summed E-state index contributed by atoms with van der Waals surface area (Å²) in [6.07, 6.45) is 15.2. The quantitative estimate of drug-likeness (QED) is 0.704. The molecule has 0 aromatic rings. The lowest BCUT2D eigenvalue weighted by Gasteiger charge is -2.38. The van der Waals surface area contributed by atoms with Gasteiger partial charge in [-0.3, -0.25) is 0 Å². The Labute approximate surface area is 129 Å². The lowest BCUT2D eigenvalue weighted by atomic mass is 9.67. The number of fused-ring (bicyclic) bond motifs is 1. The summed E-state index contributed by atoms with van der Waals surface area (Å²) in [5, 5.41) is 9.78. The van der Waals surface area contributed by atoms with Crippen LogP contribution in [0.5, 0.6) is 0 Å². The van der Waals surface area contributed by atoms with Gasteiger partial charge in [0.15, 0.2) is 0 Å². The zero-order valence-electron chi connectivity index (χ0n) is 13.6. The van der Waals surface area contributed by atoms with Gasteiger partial charge >= 0.3 is 0 Å². The van der Waals surface area contributed by atoms with Crippen molar-refractivity contribution in [3.05, 3.63) is 23.8 Å². The van der Waals surface area contributed by atoms with E-state index >= 15 is 0 Å². The second-order valence-electron chi connectivity index (χ2n) is 6.95. The third-order valence-electron chi connectivity index (χ3n) is 5.19. The maximum Gasteiger partial charge on any atom is 0.129 e. The maximum absolute atomic E-state index is 10.9. The molecule has 0 aromatic carbocycles. The average Bonchev–Trinajstić information content (AvgIpc) is 2.44. The Balaban J connectivity index is 1.78. The van der Waals surface area contributed by atoms with E-state index in [9.17, 15) is 9.90 Å². The normalized spacial score (nSPS) is 31.7. The molecule has 4 atom stereocenters. The van der Waals surface area contributed by atoms with E-state index in [2.05, 4.69) is 25.2 Å². The minimum absolute atomic E-state index is 0.235. The molecule has 2 aliphatic carbocycles. The largest absolute Gasteiger partial charge is 0.389 e. The van der Waals surface area contributed by atoms with Crippen LogP contribution in [0.4, 0.5) is 0 Å². The van der Waals surface area contributed by atoms with Gasteiger partial charge in [0.25, 0.3) is 0 Å². The number of Topliss-reactive ketones (excluding diaryl/α,β-unsaturated/α-hetero) is 1. The standard InChI is InChI=1S/C19H30O2/c1-14-9-10-16-13-17(21)11-12-19(16)18(14)8-6-4-3-5-7-15(2)20/h9-10,13-14,17-19,21H,3-8,11-12H2,1-2H3. The molecule has 2 rings (SSSR count). The highest BCUT2D eigenvalue weighted by Gasteiger charge is 2.32. The maximum atomic E-state index is 10.9. The first kappa shape index (κ1) is 16.5. The first-order valence-corrected chi connectivity index (χ1v) is 8.65. The molecule has 0 bridgehead atoms. The highest BCUT2D eigenvalue weighted by molar-refractivity contribution is 5.75. The fraction of sp³-hybridized carbons (Fsp3) is 0.737. The fourth-order valence-electron chi connectivity index (χ4n) is 3.93. The van der Waals surface area contributed by atoms with Crippen molar-refractivity contribution < 1.29 is 9.90 Å². The van der Waals surface area contributed by atoms with E-state index in [0.717, 1.165) is 31.6 Å². The van der Waals surface area contributed by atoms with E-state index in [-0.39, 0.29) is 6.10 Å². The molecule has 0 spiro atoms. The van der Waals surface area contributed by atoms with Crippen LogP contribution in [0.15, 0.2) is 23.8 Å². The predicted molar refractivity (Wildman–Crippen MR) is 87.0 cm³/mol. The third kappa shape index (κ3) is 4.81. The summed E-state index contributed by atoms with van der Waals surface area (Å²) in [6.45, 7) is 4.01. The number of hydrogen-bond donors (Lipinski definition) is 1. The molecular formula is C19H30O2. The zero-order chi connectivity index (χ0) is 15.2. The van der Waals surface area contributed by atoms with Crippen molar-refractivity contribution >= 4 is 5.78 Å². The summed E-state index contributed by atoms with van der Waals surface area (Å²) in [6, 6.07) is 0. The van der Waals surface area contributed by atoms with Gasteiger partial charge in [0.05, 0.1) is 6.10 Å². The number of rotatable bonds is 7. The van der Waals surface area contributed by atoms with Crippen LogP contribution in [0.3, 0.4) is 0 Å². The minimum Gasteiger partial charge on any atom is -0.389 e. The smallest absolute Gasteiger partial charge is 0.129 e. The number of unbranched alkanes of at least 4 members (excludes halogenated alkanes) is 3. The SMILES string of the molecule is CC(=O)CCCCCCC1C(C)C=CC2=CC(O)CCC21. The number of hydrogen-bond acceptors (Lipinski definition) is 2. The van der Waals surface area contributed by atoms with Gasteiger partial charge in [0.2, 0.25) is 0 Å². The summed E-state index contributed by atoms with van der Waals surface area (Å²) >= 11 is 0. The fourth-order valence-corrected chi connectivity index (χ4v) is 3.93. The van der Waals surface area contributed by atoms with Crippen LogP contribution in [0.25, 0.3) is 0 Å². The monoisotopic (exact) mass is 290 g/mol. The lowest BCUT2D eigenvalue weighted by Crippen LogP contribution is -2.29. The van der Waals surface area contributed by atoms with Gasteiger partial charge in [-0.1, -0.05) is 44.4 Å². The minimum atomic E-state index is -0.235. The molecular weight excluding hydrogens is 260 g/mol. The number of aliphatic hydroxyl groups excluding tert-OH is 1. The molecule has 0 aromatic heterocycles. The van der Waals surface area contributed by atoms with Gasteiger partial charge in [0.1, 0.15) is 5.78 Å². The summed E-state index contributed by atoms with van der Waals surface area (Å²) in [7, 11) is 0. The Morgan fingerprint density at radius 3 is 2.76 bits per heavy atom. The molecule has 21 heavy (non-hydrogen) atoms. The molecule has 2 aliphatic rings. The van der Waals surface area contributed by atoms with E-state index in [1.54, 1.807) is 6.92 Å². The highest BCUT2D eigenvalue weighted by Crippen LogP contribution is 2.42. The molecule has 1 N–H and O–H groups in total. The van der Waals surface area contributed by atoms with Crippen LogP contribution in [0, 0.1) is 17.8 Å². The van der Waals surface area contributed by atoms with Gasteiger partial charge in [-0.05, 0) is 55.9 Å². The second-order valence-corrected chi connectivity index (χ2v) is 6.95. The van der Waals surface area contributed by atoms with E-state index in [4.69, 9.17) is 0 Å². The topological polar surface area (TPSA) is 37.3 Å². The summed E-state index contributed by atoms with van der Waals surface area (Å²) < 4.78 is 0. The number of carbonyl (C=O) groups excluding carboxylic acids is 1. The van der Waals surface area contributed by atoms with Crippen LogP contribution in [0.2, 0.25) is 0 Å². The molecule has 2 nitrogen and oxygen atoms in total. The van der Waals surface area contributed by atoms with E-state index in [1.807, 2.05) is 0 Å². The van der Waals surface area contributed by atoms with Crippen LogP contribution >= 0.6 is 0 Å². The van der Waals surface area contributed by atoms with E-state index < -0.39 is 0 Å². The van der Waals surface area contributed by atoms with Crippen LogP contribution in [0.1, 0.15) is 65.2 Å². The molecule has 0 saturated heterocycles. The number of ketones is 1. The Morgan fingerprint density at radius 1 is 1.24 bits per heavy atom. The Morgan fingerprint density at radius 2 is 2.00 bits per heavy atom. The van der Waals surface area contributed by atoms with E-state index in [1.165, 1.54) is 31.3 Å². The van der Waals surface area contributed by atoms with Gasteiger partial charge in [-0.2, -0.15) is 0 Å². The average molecular weight is 290 g/mol. The Hall–Kier alpha value is -0.890. The van der Waals surface area contributed by atoms with Crippen molar-refractivity contribution in [3.63, 3.8) is 0 Å². The van der Waals surface area contributed by atoms with Gasteiger partial charge < -0.3 is 9.90 Å². The second kappa shape index (κ2) is 7.93.